The molecular weight excluding hydrogens is 369 g/mol. The first kappa shape index (κ1) is 19.9. The number of benzene rings is 1. The molecule has 3 rings (SSSR count). The van der Waals surface area contributed by atoms with Gasteiger partial charge < -0.3 is 4.90 Å². The van der Waals surface area contributed by atoms with Crippen LogP contribution in [0.2, 0.25) is 0 Å². The average Bonchev–Trinajstić information content (AvgIpc) is 2.95. The number of carbonyl (C=O) groups is 1. The molecule has 8 heteroatoms. The summed E-state index contributed by atoms with van der Waals surface area (Å²) in [5, 5.41) is 5.07. The number of amides is 1. The fraction of sp³-hybridized carbons (Fsp3) is 0.350. The van der Waals surface area contributed by atoms with E-state index in [-0.39, 0.29) is 5.91 Å². The van der Waals surface area contributed by atoms with Gasteiger partial charge in [0.1, 0.15) is 0 Å². The zero-order chi connectivity index (χ0) is 20.6. The van der Waals surface area contributed by atoms with Crippen LogP contribution in [0.25, 0.3) is 11.0 Å². The fourth-order valence-corrected chi connectivity index (χ4v) is 3.34. The first-order chi connectivity index (χ1) is 13.1. The summed E-state index contributed by atoms with van der Waals surface area (Å²) in [5.41, 5.74) is 1.51. The van der Waals surface area contributed by atoms with Crippen LogP contribution in [0.3, 0.4) is 0 Å². The highest BCUT2D eigenvalue weighted by Gasteiger charge is 2.31. The second-order valence-electron chi connectivity index (χ2n) is 6.69. The van der Waals surface area contributed by atoms with Crippen molar-refractivity contribution in [3.8, 4) is 0 Å². The molecule has 28 heavy (non-hydrogen) atoms. The van der Waals surface area contributed by atoms with E-state index in [2.05, 4.69) is 10.1 Å². The Hall–Kier alpha value is -2.90. The molecule has 0 fully saturated rings. The highest BCUT2D eigenvalue weighted by Crippen LogP contribution is 2.32. The Morgan fingerprint density at radius 2 is 2.00 bits per heavy atom. The van der Waals surface area contributed by atoms with Gasteiger partial charge in [-0.3, -0.25) is 9.48 Å². The van der Waals surface area contributed by atoms with Crippen molar-refractivity contribution in [3.63, 3.8) is 0 Å². The lowest BCUT2D eigenvalue weighted by atomic mass is 10.0. The third-order valence-electron chi connectivity index (χ3n) is 4.88. The summed E-state index contributed by atoms with van der Waals surface area (Å²) >= 11 is 0. The van der Waals surface area contributed by atoms with E-state index in [9.17, 15) is 18.0 Å². The summed E-state index contributed by atoms with van der Waals surface area (Å²) < 4.78 is 40.7. The molecule has 2 heterocycles. The van der Waals surface area contributed by atoms with Crippen LogP contribution in [0.15, 0.2) is 36.5 Å². The Kier molecular flexibility index (Phi) is 5.14. The smallest absolute Gasteiger partial charge is 0.332 e. The van der Waals surface area contributed by atoms with E-state index in [4.69, 9.17) is 0 Å². The van der Waals surface area contributed by atoms with Gasteiger partial charge in [0, 0.05) is 25.2 Å². The third kappa shape index (κ3) is 3.58. The second-order valence-corrected chi connectivity index (χ2v) is 6.69. The number of hydrogen-bond donors (Lipinski definition) is 0. The van der Waals surface area contributed by atoms with Gasteiger partial charge in [0.2, 0.25) is 0 Å². The Labute approximate surface area is 160 Å². The molecule has 0 radical (unpaired) electrons. The maximum Gasteiger partial charge on any atom is 0.416 e. The molecule has 1 aromatic carbocycles. The number of fused-ring (bicyclic) bond motifs is 1. The van der Waals surface area contributed by atoms with Crippen molar-refractivity contribution in [3.05, 3.63) is 58.9 Å². The summed E-state index contributed by atoms with van der Waals surface area (Å²) in [7, 11) is 1.78. The molecule has 1 unspecified atom stereocenters. The summed E-state index contributed by atoms with van der Waals surface area (Å²) in [5.74, 6) is -0.287. The van der Waals surface area contributed by atoms with E-state index in [1.165, 1.54) is 17.2 Å². The number of halogens is 3. The highest BCUT2D eigenvalue weighted by atomic mass is 19.4. The highest BCUT2D eigenvalue weighted by molar-refractivity contribution is 5.97. The van der Waals surface area contributed by atoms with Crippen molar-refractivity contribution >= 4 is 16.9 Å². The monoisotopic (exact) mass is 390 g/mol. The van der Waals surface area contributed by atoms with Crippen LogP contribution in [0.5, 0.6) is 0 Å². The fourth-order valence-electron chi connectivity index (χ4n) is 3.34. The first-order valence-corrected chi connectivity index (χ1v) is 8.91. The van der Waals surface area contributed by atoms with Crippen molar-refractivity contribution in [1.82, 2.24) is 19.7 Å². The SMILES string of the molecule is CCN(C(=O)c1cnc2c(c1)c(C)nn2C)C(C)c1cccc(C(F)(F)F)c1. The minimum Gasteiger partial charge on any atom is -0.332 e. The molecule has 3 aromatic rings. The van der Waals surface area contributed by atoms with Crippen molar-refractivity contribution in [2.45, 2.75) is 33.0 Å². The van der Waals surface area contributed by atoms with E-state index in [1.54, 1.807) is 37.7 Å². The number of nitrogens with zero attached hydrogens (tertiary/aromatic N) is 4. The molecule has 0 N–H and O–H groups in total. The van der Waals surface area contributed by atoms with Gasteiger partial charge in [-0.2, -0.15) is 18.3 Å². The van der Waals surface area contributed by atoms with Crippen LogP contribution in [-0.2, 0) is 13.2 Å². The molecule has 0 aliphatic heterocycles. The lowest BCUT2D eigenvalue weighted by Crippen LogP contribution is -2.33. The van der Waals surface area contributed by atoms with Gasteiger partial charge in [-0.1, -0.05) is 12.1 Å². The molecule has 2 aromatic heterocycles. The molecule has 1 atom stereocenters. The van der Waals surface area contributed by atoms with Gasteiger partial charge in [-0.05, 0) is 44.5 Å². The molecule has 0 spiro atoms. The van der Waals surface area contributed by atoms with E-state index >= 15 is 0 Å². The third-order valence-corrected chi connectivity index (χ3v) is 4.88. The van der Waals surface area contributed by atoms with Gasteiger partial charge in [0.25, 0.3) is 5.91 Å². The number of aryl methyl sites for hydroxylation is 2. The summed E-state index contributed by atoms with van der Waals surface area (Å²) in [6, 6.07) is 6.28. The normalized spacial score (nSPS) is 13.0. The molecule has 0 aliphatic rings. The lowest BCUT2D eigenvalue weighted by molar-refractivity contribution is -0.137. The molecule has 0 aliphatic carbocycles. The second kappa shape index (κ2) is 7.26. The zero-order valence-corrected chi connectivity index (χ0v) is 16.1. The Morgan fingerprint density at radius 3 is 2.64 bits per heavy atom. The number of rotatable bonds is 4. The maximum atomic E-state index is 13.1. The summed E-state index contributed by atoms with van der Waals surface area (Å²) in [6.45, 7) is 5.70. The quantitative estimate of drug-likeness (QED) is 0.658. The van der Waals surface area contributed by atoms with Gasteiger partial charge in [-0.25, -0.2) is 4.98 Å². The number of carbonyl (C=O) groups excluding carboxylic acids is 1. The Balaban J connectivity index is 1.94. The van der Waals surface area contributed by atoms with E-state index in [1.807, 2.05) is 6.92 Å². The summed E-state index contributed by atoms with van der Waals surface area (Å²) in [6.07, 6.45) is -2.95. The van der Waals surface area contributed by atoms with Crippen LogP contribution in [-0.4, -0.2) is 32.1 Å². The standard InChI is InChI=1S/C20H21F3N4O/c1-5-27(13(3)14-7-6-8-16(9-14)20(21,22)23)19(28)15-10-17-12(2)25-26(4)18(17)24-11-15/h6-11,13H,5H2,1-4H3. The van der Waals surface area contributed by atoms with E-state index in [0.29, 0.717) is 23.3 Å². The zero-order valence-electron chi connectivity index (χ0n) is 16.1. The topological polar surface area (TPSA) is 51.0 Å². The van der Waals surface area contributed by atoms with Crippen LogP contribution >= 0.6 is 0 Å². The van der Waals surface area contributed by atoms with Crippen molar-refractivity contribution in [2.75, 3.05) is 6.54 Å². The Bertz CT molecular complexity index is 1030. The molecule has 0 bridgehead atoms. The van der Waals surface area contributed by atoms with E-state index < -0.39 is 17.8 Å². The molecule has 1 amide bonds. The van der Waals surface area contributed by atoms with Crippen LogP contribution in [0, 0.1) is 6.92 Å². The molecular formula is C20H21F3N4O. The van der Waals surface area contributed by atoms with Gasteiger partial charge >= 0.3 is 6.18 Å². The van der Waals surface area contributed by atoms with Gasteiger partial charge in [0.05, 0.1) is 22.9 Å². The molecule has 5 nitrogen and oxygen atoms in total. The first-order valence-electron chi connectivity index (χ1n) is 8.91. The number of alkyl halides is 3. The van der Waals surface area contributed by atoms with Crippen LogP contribution < -0.4 is 0 Å². The summed E-state index contributed by atoms with van der Waals surface area (Å²) in [4.78, 5) is 18.9. The lowest BCUT2D eigenvalue weighted by Gasteiger charge is -2.29. The van der Waals surface area contributed by atoms with Crippen molar-refractivity contribution < 1.29 is 18.0 Å². The predicted octanol–water partition coefficient (Wildman–Crippen LogP) is 4.52. The predicted molar refractivity (Wildman–Crippen MR) is 99.8 cm³/mol. The minimum atomic E-state index is -4.43. The van der Waals surface area contributed by atoms with Crippen LogP contribution in [0.4, 0.5) is 13.2 Å². The minimum absolute atomic E-state index is 0.287. The van der Waals surface area contributed by atoms with E-state index in [0.717, 1.165) is 23.2 Å². The molecule has 0 saturated carbocycles. The maximum absolute atomic E-state index is 13.1. The number of hydrogen-bond acceptors (Lipinski definition) is 3. The number of aromatic nitrogens is 3. The molecule has 0 saturated heterocycles. The average molecular weight is 390 g/mol. The molecule has 148 valence electrons. The van der Waals surface area contributed by atoms with Gasteiger partial charge in [0.15, 0.2) is 5.65 Å². The van der Waals surface area contributed by atoms with Crippen molar-refractivity contribution in [2.24, 2.45) is 7.05 Å². The largest absolute Gasteiger partial charge is 0.416 e. The number of pyridine rings is 1. The van der Waals surface area contributed by atoms with Crippen molar-refractivity contribution in [1.29, 1.82) is 0 Å². The van der Waals surface area contributed by atoms with Gasteiger partial charge in [-0.15, -0.1) is 0 Å². The van der Waals surface area contributed by atoms with Crippen LogP contribution in [0.1, 0.15) is 47.1 Å². The Morgan fingerprint density at radius 1 is 1.29 bits per heavy atom.